The Morgan fingerprint density at radius 1 is 1.43 bits per heavy atom. The number of benzene rings is 1. The minimum atomic E-state index is 0.120. The molecular formula is C11H16ClNO. The van der Waals surface area contributed by atoms with E-state index in [9.17, 15) is 0 Å². The van der Waals surface area contributed by atoms with Crippen LogP contribution in [0.4, 0.5) is 0 Å². The Morgan fingerprint density at radius 3 is 2.71 bits per heavy atom. The molecule has 3 heteroatoms. The van der Waals surface area contributed by atoms with Crippen LogP contribution in [0, 0.1) is 6.92 Å². The summed E-state index contributed by atoms with van der Waals surface area (Å²) in [4.78, 5) is 0. The molecule has 0 aliphatic rings. The number of hydrogen-bond donors (Lipinski definition) is 2. The van der Waals surface area contributed by atoms with Crippen LogP contribution >= 0.6 is 11.6 Å². The standard InChI is InChI=1S/C11H16ClNO/c1-8-3-10(5-11(12)4-8)6-13-9(2)7-14/h3-5,9,13-14H,6-7H2,1-2H3. The van der Waals surface area contributed by atoms with Gasteiger partial charge in [-0.25, -0.2) is 0 Å². The Labute approximate surface area is 89.9 Å². The van der Waals surface area contributed by atoms with Crippen LogP contribution in [0.3, 0.4) is 0 Å². The molecule has 0 saturated heterocycles. The quantitative estimate of drug-likeness (QED) is 0.803. The average Bonchev–Trinajstić information content (AvgIpc) is 2.12. The highest BCUT2D eigenvalue weighted by Gasteiger charge is 2.00. The van der Waals surface area contributed by atoms with Gasteiger partial charge in [0.15, 0.2) is 0 Å². The predicted molar refractivity (Wildman–Crippen MR) is 59.6 cm³/mol. The fourth-order valence-corrected chi connectivity index (χ4v) is 1.58. The summed E-state index contributed by atoms with van der Waals surface area (Å²) in [5.41, 5.74) is 2.31. The van der Waals surface area contributed by atoms with E-state index >= 15 is 0 Å². The van der Waals surface area contributed by atoms with Crippen molar-refractivity contribution in [2.24, 2.45) is 0 Å². The molecule has 0 bridgehead atoms. The second-order valence-corrected chi connectivity index (χ2v) is 4.04. The largest absolute Gasteiger partial charge is 0.395 e. The highest BCUT2D eigenvalue weighted by atomic mass is 35.5. The van der Waals surface area contributed by atoms with Crippen LogP contribution < -0.4 is 5.32 Å². The van der Waals surface area contributed by atoms with Gasteiger partial charge in [0.1, 0.15) is 0 Å². The van der Waals surface area contributed by atoms with Crippen LogP contribution in [-0.2, 0) is 6.54 Å². The Hall–Kier alpha value is -0.570. The molecule has 0 heterocycles. The molecule has 1 atom stereocenters. The van der Waals surface area contributed by atoms with E-state index in [1.807, 2.05) is 26.0 Å². The molecular weight excluding hydrogens is 198 g/mol. The van der Waals surface area contributed by atoms with E-state index in [0.717, 1.165) is 22.7 Å². The number of hydrogen-bond acceptors (Lipinski definition) is 2. The third kappa shape index (κ3) is 3.66. The summed E-state index contributed by atoms with van der Waals surface area (Å²) in [5.74, 6) is 0. The first-order chi connectivity index (χ1) is 6.61. The first-order valence-corrected chi connectivity index (χ1v) is 5.10. The molecule has 0 amide bonds. The van der Waals surface area contributed by atoms with E-state index in [1.165, 1.54) is 0 Å². The lowest BCUT2D eigenvalue weighted by molar-refractivity contribution is 0.251. The highest BCUT2D eigenvalue weighted by molar-refractivity contribution is 6.30. The van der Waals surface area contributed by atoms with Crippen molar-refractivity contribution in [2.45, 2.75) is 26.4 Å². The average molecular weight is 214 g/mol. The molecule has 78 valence electrons. The van der Waals surface area contributed by atoms with Crippen LogP contribution in [0.5, 0.6) is 0 Å². The highest BCUT2D eigenvalue weighted by Crippen LogP contribution is 2.14. The minimum absolute atomic E-state index is 0.120. The molecule has 14 heavy (non-hydrogen) atoms. The van der Waals surface area contributed by atoms with Gasteiger partial charge < -0.3 is 10.4 Å². The van der Waals surface area contributed by atoms with Crippen molar-refractivity contribution in [3.05, 3.63) is 34.3 Å². The molecule has 1 rings (SSSR count). The van der Waals surface area contributed by atoms with Crippen LogP contribution in [0.25, 0.3) is 0 Å². The maximum atomic E-state index is 8.83. The molecule has 2 nitrogen and oxygen atoms in total. The van der Waals surface area contributed by atoms with Crippen LogP contribution in [0.1, 0.15) is 18.1 Å². The number of aryl methyl sites for hydroxylation is 1. The van der Waals surface area contributed by atoms with E-state index in [1.54, 1.807) is 0 Å². The topological polar surface area (TPSA) is 32.3 Å². The van der Waals surface area contributed by atoms with Crippen LogP contribution in [0.2, 0.25) is 5.02 Å². The number of halogens is 1. The van der Waals surface area contributed by atoms with Gasteiger partial charge in [0.2, 0.25) is 0 Å². The zero-order chi connectivity index (χ0) is 10.6. The molecule has 0 saturated carbocycles. The van der Waals surface area contributed by atoms with Crippen LogP contribution in [0.15, 0.2) is 18.2 Å². The summed E-state index contributed by atoms with van der Waals surface area (Å²) in [7, 11) is 0. The number of aliphatic hydroxyl groups excluding tert-OH is 1. The van der Waals surface area contributed by atoms with Crippen molar-refractivity contribution in [1.29, 1.82) is 0 Å². The number of rotatable bonds is 4. The van der Waals surface area contributed by atoms with E-state index < -0.39 is 0 Å². The van der Waals surface area contributed by atoms with Crippen molar-refractivity contribution in [3.63, 3.8) is 0 Å². The zero-order valence-corrected chi connectivity index (χ0v) is 9.30. The third-order valence-electron chi connectivity index (χ3n) is 2.03. The molecule has 1 aromatic carbocycles. The zero-order valence-electron chi connectivity index (χ0n) is 8.55. The second-order valence-electron chi connectivity index (χ2n) is 3.60. The second kappa shape index (κ2) is 5.35. The predicted octanol–water partition coefficient (Wildman–Crippen LogP) is 2.12. The van der Waals surface area contributed by atoms with E-state index in [4.69, 9.17) is 16.7 Å². The summed E-state index contributed by atoms with van der Waals surface area (Å²) < 4.78 is 0. The number of aliphatic hydroxyl groups is 1. The van der Waals surface area contributed by atoms with Gasteiger partial charge in [-0.2, -0.15) is 0 Å². The van der Waals surface area contributed by atoms with Crippen LogP contribution in [-0.4, -0.2) is 17.8 Å². The normalized spacial score (nSPS) is 12.9. The molecule has 0 fully saturated rings. The van der Waals surface area contributed by atoms with Crippen molar-refractivity contribution < 1.29 is 5.11 Å². The van der Waals surface area contributed by atoms with Gasteiger partial charge >= 0.3 is 0 Å². The first-order valence-electron chi connectivity index (χ1n) is 4.72. The van der Waals surface area contributed by atoms with E-state index in [-0.39, 0.29) is 12.6 Å². The smallest absolute Gasteiger partial charge is 0.0582 e. The lowest BCUT2D eigenvalue weighted by Gasteiger charge is -2.11. The summed E-state index contributed by atoms with van der Waals surface area (Å²) in [6.07, 6.45) is 0. The first kappa shape index (κ1) is 11.5. The van der Waals surface area contributed by atoms with Gasteiger partial charge in [-0.05, 0) is 37.1 Å². The Bertz CT molecular complexity index is 281. The summed E-state index contributed by atoms with van der Waals surface area (Å²) >= 11 is 5.92. The molecule has 0 spiro atoms. The van der Waals surface area contributed by atoms with E-state index in [0.29, 0.717) is 0 Å². The fraction of sp³-hybridized carbons (Fsp3) is 0.455. The lowest BCUT2D eigenvalue weighted by Crippen LogP contribution is -2.28. The molecule has 0 radical (unpaired) electrons. The van der Waals surface area contributed by atoms with Gasteiger partial charge in [0.25, 0.3) is 0 Å². The SMILES string of the molecule is Cc1cc(Cl)cc(CNC(C)CO)c1. The third-order valence-corrected chi connectivity index (χ3v) is 2.25. The molecule has 0 aliphatic heterocycles. The molecule has 2 N–H and O–H groups in total. The fourth-order valence-electron chi connectivity index (χ4n) is 1.27. The van der Waals surface area contributed by atoms with Crippen molar-refractivity contribution in [1.82, 2.24) is 5.32 Å². The Kier molecular flexibility index (Phi) is 4.39. The van der Waals surface area contributed by atoms with Gasteiger partial charge in [-0.1, -0.05) is 17.7 Å². The molecule has 0 aliphatic carbocycles. The monoisotopic (exact) mass is 213 g/mol. The summed E-state index contributed by atoms with van der Waals surface area (Å²) in [6.45, 7) is 4.85. The van der Waals surface area contributed by atoms with Gasteiger partial charge in [-0.15, -0.1) is 0 Å². The Morgan fingerprint density at radius 2 is 2.14 bits per heavy atom. The maximum Gasteiger partial charge on any atom is 0.0582 e. The summed E-state index contributed by atoms with van der Waals surface area (Å²) in [5, 5.41) is 12.8. The maximum absolute atomic E-state index is 8.83. The van der Waals surface area contributed by atoms with Crippen molar-refractivity contribution in [3.8, 4) is 0 Å². The van der Waals surface area contributed by atoms with Crippen molar-refractivity contribution in [2.75, 3.05) is 6.61 Å². The van der Waals surface area contributed by atoms with Gasteiger partial charge in [0.05, 0.1) is 6.61 Å². The molecule has 0 aromatic heterocycles. The molecule has 1 unspecified atom stereocenters. The number of nitrogens with one attached hydrogen (secondary N) is 1. The van der Waals surface area contributed by atoms with Gasteiger partial charge in [0, 0.05) is 17.6 Å². The minimum Gasteiger partial charge on any atom is -0.395 e. The molecule has 1 aromatic rings. The van der Waals surface area contributed by atoms with Gasteiger partial charge in [-0.3, -0.25) is 0 Å². The summed E-state index contributed by atoms with van der Waals surface area (Å²) in [6, 6.07) is 6.07. The Balaban J connectivity index is 2.58. The van der Waals surface area contributed by atoms with Crippen molar-refractivity contribution >= 4 is 11.6 Å². The lowest BCUT2D eigenvalue weighted by atomic mass is 10.1. The van der Waals surface area contributed by atoms with E-state index in [2.05, 4.69) is 11.4 Å².